The number of urea groups is 1. The van der Waals surface area contributed by atoms with Crippen LogP contribution in [0.15, 0.2) is 12.1 Å². The summed E-state index contributed by atoms with van der Waals surface area (Å²) in [6.07, 6.45) is 7.58. The summed E-state index contributed by atoms with van der Waals surface area (Å²) in [6, 6.07) is 4.22. The molecule has 2 atom stereocenters. The normalized spacial score (nSPS) is 32.9. The molecule has 4 bridgehead atoms. The molecule has 0 aromatic heterocycles. The third-order valence-corrected chi connectivity index (χ3v) is 10.2. The molecule has 1 aromatic rings. The lowest BCUT2D eigenvalue weighted by Gasteiger charge is -2.52. The summed E-state index contributed by atoms with van der Waals surface area (Å²) in [6.45, 7) is 2.74. The third kappa shape index (κ3) is 4.83. The van der Waals surface area contributed by atoms with Gasteiger partial charge < -0.3 is 29.7 Å². The van der Waals surface area contributed by atoms with E-state index in [1.54, 1.807) is 14.2 Å². The lowest BCUT2D eigenvalue weighted by atomic mass is 9.62. The quantitative estimate of drug-likeness (QED) is 0.539. The highest BCUT2D eigenvalue weighted by Crippen LogP contribution is 2.62. The predicted octanol–water partition coefficient (Wildman–Crippen LogP) is 4.30. The summed E-state index contributed by atoms with van der Waals surface area (Å²) < 4.78 is 16.6. The molecule has 2 heterocycles. The molecule has 4 aliphatic carbocycles. The minimum Gasteiger partial charge on any atom is -0.493 e. The molecule has 0 spiro atoms. The summed E-state index contributed by atoms with van der Waals surface area (Å²) in [5, 5.41) is 6.66. The van der Waals surface area contributed by atoms with Gasteiger partial charge in [0.1, 0.15) is 0 Å². The van der Waals surface area contributed by atoms with Crippen molar-refractivity contribution in [3.8, 4) is 11.5 Å². The fourth-order valence-electron chi connectivity index (χ4n) is 8.15. The number of carbonyl (C=O) groups excluding carboxylic acids is 2. The van der Waals surface area contributed by atoms with Crippen LogP contribution in [0.4, 0.5) is 4.79 Å². The van der Waals surface area contributed by atoms with Crippen molar-refractivity contribution >= 4 is 23.5 Å². The van der Waals surface area contributed by atoms with Crippen molar-refractivity contribution in [3.63, 3.8) is 0 Å². The van der Waals surface area contributed by atoms with Crippen molar-refractivity contribution in [1.29, 1.82) is 0 Å². The molecule has 3 amide bonds. The molecule has 7 rings (SSSR count). The first-order chi connectivity index (χ1) is 18.3. The zero-order chi connectivity index (χ0) is 26.5. The van der Waals surface area contributed by atoms with Crippen LogP contribution in [-0.4, -0.2) is 73.8 Å². The molecule has 9 heteroatoms. The summed E-state index contributed by atoms with van der Waals surface area (Å²) in [4.78, 5) is 27.9. The molecule has 2 aliphatic heterocycles. The van der Waals surface area contributed by atoms with Gasteiger partial charge in [0, 0.05) is 48.7 Å². The Labute approximate surface area is 230 Å². The molecule has 38 heavy (non-hydrogen) atoms. The van der Waals surface area contributed by atoms with Crippen LogP contribution in [0.5, 0.6) is 11.5 Å². The van der Waals surface area contributed by atoms with Crippen molar-refractivity contribution < 1.29 is 23.8 Å². The summed E-state index contributed by atoms with van der Waals surface area (Å²) in [7, 11) is 3.35. The van der Waals surface area contributed by atoms with E-state index in [0.29, 0.717) is 26.3 Å². The fourth-order valence-corrected chi connectivity index (χ4v) is 8.77. The molecule has 2 unspecified atom stereocenters. The van der Waals surface area contributed by atoms with Crippen molar-refractivity contribution in [2.24, 2.45) is 5.92 Å². The van der Waals surface area contributed by atoms with E-state index >= 15 is 0 Å². The second-order valence-corrected chi connectivity index (χ2v) is 13.0. The van der Waals surface area contributed by atoms with E-state index in [1.165, 1.54) is 11.1 Å². The Morgan fingerprint density at radius 2 is 1.53 bits per heavy atom. The van der Waals surface area contributed by atoms with Gasteiger partial charge in [0.15, 0.2) is 11.5 Å². The van der Waals surface area contributed by atoms with Gasteiger partial charge in [-0.25, -0.2) is 4.79 Å². The number of nitrogens with one attached hydrogen (secondary N) is 2. The van der Waals surface area contributed by atoms with Crippen LogP contribution in [-0.2, 0) is 9.53 Å². The number of halogens is 1. The van der Waals surface area contributed by atoms with E-state index in [-0.39, 0.29) is 46.1 Å². The molecule has 208 valence electrons. The third-order valence-electron chi connectivity index (χ3n) is 9.71. The summed E-state index contributed by atoms with van der Waals surface area (Å²) in [5.41, 5.74) is 2.25. The average Bonchev–Trinajstić information content (AvgIpc) is 3.04. The first-order valence-corrected chi connectivity index (χ1v) is 14.6. The summed E-state index contributed by atoms with van der Waals surface area (Å²) in [5.74, 6) is 2.37. The van der Waals surface area contributed by atoms with Gasteiger partial charge in [-0.1, -0.05) is 0 Å². The molecule has 4 fully saturated rings. The van der Waals surface area contributed by atoms with Gasteiger partial charge in [-0.2, -0.15) is 0 Å². The molecule has 1 aromatic carbocycles. The van der Waals surface area contributed by atoms with Crippen LogP contribution in [0.25, 0.3) is 0 Å². The van der Waals surface area contributed by atoms with Crippen LogP contribution in [0.1, 0.15) is 80.8 Å². The zero-order valence-electron chi connectivity index (χ0n) is 22.5. The van der Waals surface area contributed by atoms with Gasteiger partial charge in [0.25, 0.3) is 0 Å². The van der Waals surface area contributed by atoms with Gasteiger partial charge >= 0.3 is 6.03 Å². The van der Waals surface area contributed by atoms with Crippen LogP contribution < -0.4 is 20.1 Å². The maximum Gasteiger partial charge on any atom is 0.315 e. The van der Waals surface area contributed by atoms with Gasteiger partial charge in [0.2, 0.25) is 5.91 Å². The Morgan fingerprint density at radius 3 is 2.08 bits per heavy atom. The number of nitrogens with zero attached hydrogens (tertiary/aromatic N) is 1. The smallest absolute Gasteiger partial charge is 0.315 e. The molecule has 2 saturated carbocycles. The number of likely N-dealkylation sites (tertiary alicyclic amines) is 1. The number of benzene rings is 1. The van der Waals surface area contributed by atoms with Crippen LogP contribution in [0, 0.1) is 5.92 Å². The van der Waals surface area contributed by atoms with Crippen molar-refractivity contribution in [2.75, 3.05) is 40.5 Å². The van der Waals surface area contributed by atoms with Crippen LogP contribution in [0.3, 0.4) is 0 Å². The van der Waals surface area contributed by atoms with E-state index in [1.807, 2.05) is 4.90 Å². The van der Waals surface area contributed by atoms with Gasteiger partial charge in [-0.05, 0) is 92.9 Å². The van der Waals surface area contributed by atoms with E-state index in [0.717, 1.165) is 69.3 Å². The van der Waals surface area contributed by atoms with Crippen molar-refractivity contribution in [3.05, 3.63) is 23.3 Å². The number of amides is 3. The molecular weight excluding hydrogens is 506 g/mol. The molecule has 6 aliphatic rings. The second-order valence-electron chi connectivity index (χ2n) is 12.2. The van der Waals surface area contributed by atoms with Crippen LogP contribution in [0.2, 0.25) is 0 Å². The monoisotopic (exact) mass is 545 g/mol. The van der Waals surface area contributed by atoms with E-state index in [9.17, 15) is 9.59 Å². The van der Waals surface area contributed by atoms with Gasteiger partial charge in [-0.15, -0.1) is 11.6 Å². The van der Waals surface area contributed by atoms with Gasteiger partial charge in [0.05, 0.1) is 14.2 Å². The zero-order valence-corrected chi connectivity index (χ0v) is 23.3. The highest BCUT2D eigenvalue weighted by Gasteiger charge is 2.57. The SMILES string of the molecule is COc1cc2c(cc1OC)C1CC3(Cl)CC2CC(NC(=O)NC2CCN(C(=O)C4CCOCC4)CC2)(C1)C3. The van der Waals surface area contributed by atoms with Gasteiger partial charge in [-0.3, -0.25) is 4.79 Å². The van der Waals surface area contributed by atoms with E-state index in [4.69, 9.17) is 25.8 Å². The maximum atomic E-state index is 13.3. The first kappa shape index (κ1) is 26.1. The highest BCUT2D eigenvalue weighted by atomic mass is 35.5. The van der Waals surface area contributed by atoms with Crippen molar-refractivity contribution in [2.45, 2.75) is 86.1 Å². The highest BCUT2D eigenvalue weighted by molar-refractivity contribution is 6.24. The Balaban J connectivity index is 1.11. The first-order valence-electron chi connectivity index (χ1n) is 14.2. The number of rotatable bonds is 5. The molecule has 8 nitrogen and oxygen atoms in total. The minimum absolute atomic E-state index is 0.0699. The lowest BCUT2D eigenvalue weighted by Crippen LogP contribution is -2.62. The number of hydrogen-bond donors (Lipinski definition) is 2. The Kier molecular flexibility index (Phi) is 6.92. The molecule has 2 N–H and O–H groups in total. The standard InChI is InChI=1S/C29H40ClN3O5/c1-36-24-11-22-19-13-28(30)14-20(23(22)12-25(24)37-2)16-29(15-19,17-28)32-27(35)31-21-3-7-33(8-4-21)26(34)18-5-9-38-10-6-18/h11-12,18-21H,3-10,13-17H2,1-2H3,(H2,31,32,35). The van der Waals surface area contributed by atoms with Crippen molar-refractivity contribution in [1.82, 2.24) is 15.5 Å². The number of methoxy groups -OCH3 is 2. The number of hydrogen-bond acceptors (Lipinski definition) is 5. The predicted molar refractivity (Wildman–Crippen MR) is 144 cm³/mol. The maximum absolute atomic E-state index is 13.3. The minimum atomic E-state index is -0.336. The number of carbonyl (C=O) groups is 2. The topological polar surface area (TPSA) is 89.1 Å². The molecule has 0 radical (unpaired) electrons. The fraction of sp³-hybridized carbons (Fsp3) is 0.724. The largest absolute Gasteiger partial charge is 0.493 e. The number of alkyl halides is 1. The lowest BCUT2D eigenvalue weighted by molar-refractivity contribution is -0.139. The van der Waals surface area contributed by atoms with Crippen LogP contribution >= 0.6 is 11.6 Å². The average molecular weight is 546 g/mol. The Bertz CT molecular complexity index is 1040. The summed E-state index contributed by atoms with van der Waals surface area (Å²) >= 11 is 7.27. The second kappa shape index (κ2) is 10.1. The molecule has 2 saturated heterocycles. The number of ether oxygens (including phenoxy) is 3. The Hall–Kier alpha value is -2.19. The van der Waals surface area contributed by atoms with E-state index < -0.39 is 0 Å². The number of piperidine rings is 1. The van der Waals surface area contributed by atoms with E-state index in [2.05, 4.69) is 22.8 Å². The Morgan fingerprint density at radius 1 is 0.947 bits per heavy atom. The molecular formula is C29H40ClN3O5.